The van der Waals surface area contributed by atoms with Crippen LogP contribution in [0.25, 0.3) is 0 Å². The minimum atomic E-state index is -0.216. The van der Waals surface area contributed by atoms with Gasteiger partial charge in [0.05, 0.1) is 12.2 Å². The van der Waals surface area contributed by atoms with Crippen LogP contribution in [0.5, 0.6) is 0 Å². The van der Waals surface area contributed by atoms with E-state index in [2.05, 4.69) is 5.32 Å². The van der Waals surface area contributed by atoms with Gasteiger partial charge in [0, 0.05) is 23.4 Å². The lowest BCUT2D eigenvalue weighted by Gasteiger charge is -2.14. The van der Waals surface area contributed by atoms with Crippen LogP contribution in [0.1, 0.15) is 24.2 Å². The van der Waals surface area contributed by atoms with Crippen molar-refractivity contribution in [3.63, 3.8) is 0 Å². The van der Waals surface area contributed by atoms with Crippen molar-refractivity contribution in [1.29, 1.82) is 0 Å². The fourth-order valence-corrected chi connectivity index (χ4v) is 1.56. The maximum absolute atomic E-state index is 11.9. The number of nitrogens with one attached hydrogen (secondary N) is 1. The summed E-state index contributed by atoms with van der Waals surface area (Å²) in [6.45, 7) is 4.89. The second-order valence-corrected chi connectivity index (χ2v) is 4.20. The van der Waals surface area contributed by atoms with Crippen molar-refractivity contribution in [2.24, 2.45) is 0 Å². The largest absolute Gasteiger partial charge is 0.398 e. The number of benzene rings is 1. The lowest BCUT2D eigenvalue weighted by atomic mass is 10.1. The molecule has 1 atom stereocenters. The average Bonchev–Trinajstić information content (AvgIpc) is 2.26. The predicted molar refractivity (Wildman–Crippen MR) is 69.3 cm³/mol. The molecule has 0 bridgehead atoms. The number of amides is 1. The highest BCUT2D eigenvalue weighted by molar-refractivity contribution is 6.31. The first-order valence-electron chi connectivity index (χ1n) is 5.48. The highest BCUT2D eigenvalue weighted by atomic mass is 35.5. The number of ether oxygens (including phenoxy) is 1. The molecule has 0 saturated heterocycles. The number of nitrogen functional groups attached to an aromatic ring is 1. The first-order valence-corrected chi connectivity index (χ1v) is 5.86. The Labute approximate surface area is 106 Å². The molecular formula is C12H17ClN2O2. The number of hydrogen-bond acceptors (Lipinski definition) is 3. The maximum Gasteiger partial charge on any atom is 0.253 e. The van der Waals surface area contributed by atoms with E-state index in [1.165, 1.54) is 0 Å². The van der Waals surface area contributed by atoms with E-state index in [0.717, 1.165) is 0 Å². The number of nitrogens with two attached hydrogens (primary N) is 1. The van der Waals surface area contributed by atoms with Gasteiger partial charge in [-0.25, -0.2) is 0 Å². The van der Waals surface area contributed by atoms with E-state index < -0.39 is 0 Å². The molecule has 0 radical (unpaired) electrons. The molecule has 1 unspecified atom stereocenters. The molecule has 1 amide bonds. The normalized spacial score (nSPS) is 12.2. The van der Waals surface area contributed by atoms with Crippen LogP contribution < -0.4 is 11.1 Å². The SMILES string of the molecule is CCOCC(C)NC(=O)c1ccc(Cl)cc1N. The van der Waals surface area contributed by atoms with Gasteiger partial charge in [-0.15, -0.1) is 0 Å². The summed E-state index contributed by atoms with van der Waals surface area (Å²) < 4.78 is 5.21. The lowest BCUT2D eigenvalue weighted by molar-refractivity contribution is 0.0873. The molecule has 5 heteroatoms. The van der Waals surface area contributed by atoms with E-state index in [1.54, 1.807) is 18.2 Å². The van der Waals surface area contributed by atoms with Crippen LogP contribution >= 0.6 is 11.6 Å². The molecule has 17 heavy (non-hydrogen) atoms. The molecule has 0 spiro atoms. The van der Waals surface area contributed by atoms with Crippen LogP contribution in [-0.4, -0.2) is 25.2 Å². The van der Waals surface area contributed by atoms with E-state index in [4.69, 9.17) is 22.1 Å². The molecule has 0 aliphatic rings. The average molecular weight is 257 g/mol. The van der Waals surface area contributed by atoms with Gasteiger partial charge in [-0.3, -0.25) is 4.79 Å². The summed E-state index contributed by atoms with van der Waals surface area (Å²) in [7, 11) is 0. The van der Waals surface area contributed by atoms with E-state index in [0.29, 0.717) is 29.5 Å². The maximum atomic E-state index is 11.9. The van der Waals surface area contributed by atoms with E-state index in [-0.39, 0.29) is 11.9 Å². The minimum absolute atomic E-state index is 0.0578. The van der Waals surface area contributed by atoms with E-state index in [9.17, 15) is 4.79 Å². The second kappa shape index (κ2) is 6.47. The Kier molecular flexibility index (Phi) is 5.25. The van der Waals surface area contributed by atoms with Crippen molar-refractivity contribution >= 4 is 23.2 Å². The van der Waals surface area contributed by atoms with Crippen LogP contribution in [0, 0.1) is 0 Å². The zero-order valence-electron chi connectivity index (χ0n) is 10.00. The Morgan fingerprint density at radius 2 is 2.29 bits per heavy atom. The van der Waals surface area contributed by atoms with Gasteiger partial charge in [-0.1, -0.05) is 11.6 Å². The van der Waals surface area contributed by atoms with Crippen LogP contribution in [0.4, 0.5) is 5.69 Å². The van der Waals surface area contributed by atoms with E-state index in [1.807, 2.05) is 13.8 Å². The van der Waals surface area contributed by atoms with Gasteiger partial charge in [0.2, 0.25) is 0 Å². The van der Waals surface area contributed by atoms with Gasteiger partial charge in [0.15, 0.2) is 0 Å². The predicted octanol–water partition coefficient (Wildman–Crippen LogP) is 2.08. The van der Waals surface area contributed by atoms with Gasteiger partial charge >= 0.3 is 0 Å². The number of halogens is 1. The molecule has 4 nitrogen and oxygen atoms in total. The first kappa shape index (κ1) is 13.8. The Hall–Kier alpha value is -1.26. The van der Waals surface area contributed by atoms with Crippen LogP contribution in [0.2, 0.25) is 5.02 Å². The quantitative estimate of drug-likeness (QED) is 0.793. The van der Waals surface area contributed by atoms with Crippen molar-refractivity contribution in [1.82, 2.24) is 5.32 Å². The summed E-state index contributed by atoms with van der Waals surface area (Å²) in [6, 6.07) is 4.75. The zero-order chi connectivity index (χ0) is 12.8. The van der Waals surface area contributed by atoms with Crippen LogP contribution in [-0.2, 0) is 4.74 Å². The Balaban J connectivity index is 2.63. The fraction of sp³-hybridized carbons (Fsp3) is 0.417. The lowest BCUT2D eigenvalue weighted by Crippen LogP contribution is -2.36. The third-order valence-corrected chi connectivity index (χ3v) is 2.44. The number of carbonyl (C=O) groups excluding carboxylic acids is 1. The third kappa shape index (κ3) is 4.24. The minimum Gasteiger partial charge on any atom is -0.398 e. The second-order valence-electron chi connectivity index (χ2n) is 3.77. The molecule has 0 aliphatic carbocycles. The highest BCUT2D eigenvalue weighted by Crippen LogP contribution is 2.17. The Morgan fingerprint density at radius 1 is 1.59 bits per heavy atom. The summed E-state index contributed by atoms with van der Waals surface area (Å²) in [6.07, 6.45) is 0. The molecule has 1 aromatic carbocycles. The molecule has 0 saturated carbocycles. The number of carbonyl (C=O) groups is 1. The van der Waals surface area contributed by atoms with Crippen molar-refractivity contribution < 1.29 is 9.53 Å². The van der Waals surface area contributed by atoms with Gasteiger partial charge in [-0.2, -0.15) is 0 Å². The fourth-order valence-electron chi connectivity index (χ4n) is 1.38. The topological polar surface area (TPSA) is 64.3 Å². The number of hydrogen-bond donors (Lipinski definition) is 2. The number of anilines is 1. The van der Waals surface area contributed by atoms with Crippen molar-refractivity contribution in [3.05, 3.63) is 28.8 Å². The molecule has 0 aliphatic heterocycles. The first-order chi connectivity index (χ1) is 8.04. The van der Waals surface area contributed by atoms with Crippen molar-refractivity contribution in [3.8, 4) is 0 Å². The van der Waals surface area contributed by atoms with Crippen LogP contribution in [0.15, 0.2) is 18.2 Å². The summed E-state index contributed by atoms with van der Waals surface area (Å²) in [4.78, 5) is 11.9. The van der Waals surface area contributed by atoms with Crippen LogP contribution in [0.3, 0.4) is 0 Å². The van der Waals surface area contributed by atoms with Gasteiger partial charge in [0.25, 0.3) is 5.91 Å². The number of rotatable bonds is 5. The molecule has 0 aromatic heterocycles. The van der Waals surface area contributed by atoms with Crippen molar-refractivity contribution in [2.75, 3.05) is 18.9 Å². The molecule has 0 heterocycles. The summed E-state index contributed by atoms with van der Waals surface area (Å²) in [5.74, 6) is -0.216. The summed E-state index contributed by atoms with van der Waals surface area (Å²) >= 11 is 5.76. The summed E-state index contributed by atoms with van der Waals surface area (Å²) in [5, 5.41) is 3.32. The standard InChI is InChI=1S/C12H17ClN2O2/c1-3-17-7-8(2)15-12(16)10-5-4-9(13)6-11(10)14/h4-6,8H,3,7,14H2,1-2H3,(H,15,16). The molecule has 1 aromatic rings. The smallest absolute Gasteiger partial charge is 0.253 e. The third-order valence-electron chi connectivity index (χ3n) is 2.21. The Morgan fingerprint density at radius 3 is 2.88 bits per heavy atom. The molecule has 0 fully saturated rings. The molecule has 3 N–H and O–H groups in total. The van der Waals surface area contributed by atoms with Gasteiger partial charge < -0.3 is 15.8 Å². The monoisotopic (exact) mass is 256 g/mol. The Bertz CT molecular complexity index is 396. The summed E-state index contributed by atoms with van der Waals surface area (Å²) in [5.41, 5.74) is 6.52. The van der Waals surface area contributed by atoms with Gasteiger partial charge in [0.1, 0.15) is 0 Å². The molecule has 94 valence electrons. The van der Waals surface area contributed by atoms with E-state index >= 15 is 0 Å². The zero-order valence-corrected chi connectivity index (χ0v) is 10.8. The molecule has 1 rings (SSSR count). The molecular weight excluding hydrogens is 240 g/mol. The highest BCUT2D eigenvalue weighted by Gasteiger charge is 2.12. The van der Waals surface area contributed by atoms with Gasteiger partial charge in [-0.05, 0) is 32.0 Å². The van der Waals surface area contributed by atoms with Crippen molar-refractivity contribution in [2.45, 2.75) is 19.9 Å².